The molecule has 2 unspecified atom stereocenters. The van der Waals surface area contributed by atoms with Crippen molar-refractivity contribution >= 4 is 0 Å². The highest BCUT2D eigenvalue weighted by molar-refractivity contribution is 5.37. The molecule has 21 heavy (non-hydrogen) atoms. The van der Waals surface area contributed by atoms with Gasteiger partial charge in [0.25, 0.3) is 0 Å². The molecule has 1 aromatic rings. The highest BCUT2D eigenvalue weighted by Crippen LogP contribution is 2.37. The number of hydrogen-bond donors (Lipinski definition) is 1. The lowest BCUT2D eigenvalue weighted by atomic mass is 9.97. The first-order valence-corrected chi connectivity index (χ1v) is 7.29. The molecule has 3 nitrogen and oxygen atoms in total. The topological polar surface area (TPSA) is 24.5 Å². The number of rotatable bonds is 1. The minimum absolute atomic E-state index is 0.00483. The maximum atomic E-state index is 13.1. The van der Waals surface area contributed by atoms with Crippen molar-refractivity contribution in [3.63, 3.8) is 0 Å². The fraction of sp³-hybridized carbons (Fsp3) is 0.600. The van der Waals surface area contributed by atoms with Crippen molar-refractivity contribution in [2.24, 2.45) is 5.92 Å². The van der Waals surface area contributed by atoms with Crippen LogP contribution >= 0.6 is 0 Å². The minimum atomic E-state index is -4.15. The van der Waals surface area contributed by atoms with Crippen LogP contribution in [0.4, 0.5) is 13.2 Å². The summed E-state index contributed by atoms with van der Waals surface area (Å²) in [7, 11) is 0. The fourth-order valence-electron chi connectivity index (χ4n) is 3.14. The number of halogens is 3. The maximum absolute atomic E-state index is 13.1. The van der Waals surface area contributed by atoms with E-state index in [9.17, 15) is 13.2 Å². The van der Waals surface area contributed by atoms with E-state index in [1.165, 1.54) is 0 Å². The molecule has 0 aliphatic carbocycles. The number of para-hydroxylation sites is 1. The summed E-state index contributed by atoms with van der Waals surface area (Å²) in [5, 5.41) is 2.90. The molecular formula is C15H19F3N2O. The second-order valence-corrected chi connectivity index (χ2v) is 5.63. The van der Waals surface area contributed by atoms with Gasteiger partial charge in [0.05, 0.1) is 12.5 Å². The number of hydrogen-bond acceptors (Lipinski definition) is 3. The summed E-state index contributed by atoms with van der Waals surface area (Å²) < 4.78 is 44.8. The molecule has 2 aliphatic heterocycles. The number of fused-ring (bicyclic) bond motifs is 1. The van der Waals surface area contributed by atoms with E-state index in [0.717, 1.165) is 17.7 Å². The van der Waals surface area contributed by atoms with Crippen LogP contribution in [0.3, 0.4) is 0 Å². The second-order valence-electron chi connectivity index (χ2n) is 5.63. The Morgan fingerprint density at radius 3 is 2.86 bits per heavy atom. The van der Waals surface area contributed by atoms with Crippen molar-refractivity contribution in [3.05, 3.63) is 29.8 Å². The monoisotopic (exact) mass is 300 g/mol. The Kier molecular flexibility index (Phi) is 4.08. The van der Waals surface area contributed by atoms with E-state index in [2.05, 4.69) is 5.32 Å². The molecule has 1 N–H and O–H groups in total. The molecule has 1 saturated heterocycles. The minimum Gasteiger partial charge on any atom is -0.493 e. The summed E-state index contributed by atoms with van der Waals surface area (Å²) >= 11 is 0. The predicted octanol–water partition coefficient (Wildman–Crippen LogP) is 2.59. The van der Waals surface area contributed by atoms with Crippen LogP contribution in [0.2, 0.25) is 0 Å². The van der Waals surface area contributed by atoms with Crippen LogP contribution in [0.5, 0.6) is 5.75 Å². The van der Waals surface area contributed by atoms with Crippen molar-refractivity contribution in [1.29, 1.82) is 0 Å². The molecule has 116 valence electrons. The zero-order chi connectivity index (χ0) is 14.9. The Labute approximate surface area is 122 Å². The van der Waals surface area contributed by atoms with E-state index in [-0.39, 0.29) is 19.1 Å². The SMILES string of the molecule is FC(F)(F)C1CNCCN(C2CCOc3ccccc32)C1. The van der Waals surface area contributed by atoms with Gasteiger partial charge in [0, 0.05) is 44.2 Å². The van der Waals surface area contributed by atoms with E-state index in [4.69, 9.17) is 4.74 Å². The Balaban J connectivity index is 1.83. The Hall–Kier alpha value is -1.27. The van der Waals surface area contributed by atoms with Gasteiger partial charge < -0.3 is 10.1 Å². The van der Waals surface area contributed by atoms with Gasteiger partial charge in [-0.05, 0) is 6.07 Å². The molecule has 1 aromatic carbocycles. The number of benzene rings is 1. The molecule has 6 heteroatoms. The summed E-state index contributed by atoms with van der Waals surface area (Å²) in [5.74, 6) is -0.510. The van der Waals surface area contributed by atoms with Crippen LogP contribution in [0, 0.1) is 5.92 Å². The highest BCUT2D eigenvalue weighted by Gasteiger charge is 2.42. The van der Waals surface area contributed by atoms with Crippen molar-refractivity contribution in [2.45, 2.75) is 18.6 Å². The molecule has 0 spiro atoms. The standard InChI is InChI=1S/C15H19F3N2O/c16-15(17,18)11-9-19-6-7-20(10-11)13-5-8-21-14-4-2-1-3-12(13)14/h1-4,11,13,19H,5-10H2. The first kappa shape index (κ1) is 14.7. The van der Waals surface area contributed by atoms with Gasteiger partial charge in [-0.15, -0.1) is 0 Å². The fourth-order valence-corrected chi connectivity index (χ4v) is 3.14. The molecule has 3 rings (SSSR count). The summed E-state index contributed by atoms with van der Waals surface area (Å²) in [6.07, 6.45) is -3.41. The molecule has 0 aromatic heterocycles. The number of nitrogens with one attached hydrogen (secondary N) is 1. The summed E-state index contributed by atoms with van der Waals surface area (Å²) in [4.78, 5) is 1.96. The molecule has 2 aliphatic rings. The average molecular weight is 300 g/mol. The van der Waals surface area contributed by atoms with Gasteiger partial charge in [0.15, 0.2) is 0 Å². The zero-order valence-electron chi connectivity index (χ0n) is 11.7. The van der Waals surface area contributed by atoms with Crippen molar-refractivity contribution < 1.29 is 17.9 Å². The normalized spacial score (nSPS) is 27.6. The lowest BCUT2D eigenvalue weighted by molar-refractivity contribution is -0.177. The lowest BCUT2D eigenvalue weighted by Gasteiger charge is -2.36. The van der Waals surface area contributed by atoms with E-state index < -0.39 is 12.1 Å². The molecule has 2 heterocycles. The molecule has 0 amide bonds. The third kappa shape index (κ3) is 3.16. The van der Waals surface area contributed by atoms with Crippen molar-refractivity contribution in [2.75, 3.05) is 32.8 Å². The maximum Gasteiger partial charge on any atom is 0.394 e. The van der Waals surface area contributed by atoms with E-state index in [1.807, 2.05) is 29.2 Å². The van der Waals surface area contributed by atoms with Crippen molar-refractivity contribution in [3.8, 4) is 5.75 Å². The molecule has 0 radical (unpaired) electrons. The van der Waals surface area contributed by atoms with Gasteiger partial charge >= 0.3 is 6.18 Å². The van der Waals surface area contributed by atoms with Gasteiger partial charge in [-0.2, -0.15) is 13.2 Å². The molecule has 0 bridgehead atoms. The van der Waals surface area contributed by atoms with Gasteiger partial charge in [0.1, 0.15) is 5.75 Å². The Morgan fingerprint density at radius 1 is 1.24 bits per heavy atom. The Morgan fingerprint density at radius 2 is 2.05 bits per heavy atom. The van der Waals surface area contributed by atoms with Gasteiger partial charge in [-0.25, -0.2) is 0 Å². The zero-order valence-corrected chi connectivity index (χ0v) is 11.7. The third-order valence-electron chi connectivity index (χ3n) is 4.25. The van der Waals surface area contributed by atoms with Crippen LogP contribution in [-0.2, 0) is 0 Å². The van der Waals surface area contributed by atoms with Crippen LogP contribution in [0.1, 0.15) is 18.0 Å². The predicted molar refractivity (Wildman–Crippen MR) is 73.3 cm³/mol. The van der Waals surface area contributed by atoms with Gasteiger partial charge in [0.2, 0.25) is 0 Å². The quantitative estimate of drug-likeness (QED) is 0.863. The smallest absolute Gasteiger partial charge is 0.394 e. The largest absolute Gasteiger partial charge is 0.493 e. The molecule has 0 saturated carbocycles. The lowest BCUT2D eigenvalue weighted by Crippen LogP contribution is -2.40. The number of alkyl halides is 3. The molecule has 1 fully saturated rings. The third-order valence-corrected chi connectivity index (χ3v) is 4.25. The van der Waals surface area contributed by atoms with Crippen LogP contribution in [0.25, 0.3) is 0 Å². The summed E-state index contributed by atoms with van der Waals surface area (Å²) in [6.45, 7) is 1.83. The number of nitrogens with zero attached hydrogens (tertiary/aromatic N) is 1. The Bertz CT molecular complexity index is 492. The molecular weight excluding hydrogens is 281 g/mol. The van der Waals surface area contributed by atoms with Crippen molar-refractivity contribution in [1.82, 2.24) is 10.2 Å². The first-order chi connectivity index (χ1) is 10.1. The van der Waals surface area contributed by atoms with Gasteiger partial charge in [-0.3, -0.25) is 4.90 Å². The second kappa shape index (κ2) is 5.85. The highest BCUT2D eigenvalue weighted by atomic mass is 19.4. The van der Waals surface area contributed by atoms with Crippen LogP contribution in [0.15, 0.2) is 24.3 Å². The summed E-state index contributed by atoms with van der Waals surface area (Å²) in [6, 6.07) is 7.67. The first-order valence-electron chi connectivity index (χ1n) is 7.29. The molecule has 2 atom stereocenters. The average Bonchev–Trinajstić information content (AvgIpc) is 2.72. The summed E-state index contributed by atoms with van der Waals surface area (Å²) in [5.41, 5.74) is 1.01. The van der Waals surface area contributed by atoms with E-state index in [1.54, 1.807) is 0 Å². The van der Waals surface area contributed by atoms with E-state index in [0.29, 0.717) is 19.7 Å². The number of ether oxygens (including phenoxy) is 1. The van der Waals surface area contributed by atoms with Gasteiger partial charge in [-0.1, -0.05) is 18.2 Å². The van der Waals surface area contributed by atoms with Crippen LogP contribution in [-0.4, -0.2) is 43.9 Å². The van der Waals surface area contributed by atoms with E-state index >= 15 is 0 Å². The van der Waals surface area contributed by atoms with Crippen LogP contribution < -0.4 is 10.1 Å².